The van der Waals surface area contributed by atoms with E-state index in [0.29, 0.717) is 27.6 Å². The number of rotatable bonds is 6. The van der Waals surface area contributed by atoms with Gasteiger partial charge in [-0.15, -0.1) is 5.10 Å². The Balaban J connectivity index is 1.42. The van der Waals surface area contributed by atoms with Gasteiger partial charge in [-0.05, 0) is 41.5 Å². The Morgan fingerprint density at radius 1 is 1.14 bits per heavy atom. The van der Waals surface area contributed by atoms with Gasteiger partial charge >= 0.3 is 0 Å². The SMILES string of the molecule is O=C(COc1cc(Cl)c(Cl)cc1Cl)Nc1cccc(-c2nnnn2C2CC2)c1. The van der Waals surface area contributed by atoms with Crippen molar-refractivity contribution in [3.05, 3.63) is 51.5 Å². The predicted molar refractivity (Wildman–Crippen MR) is 107 cm³/mol. The predicted octanol–water partition coefficient (Wildman–Crippen LogP) is 4.65. The molecule has 1 N–H and O–H groups in total. The number of carbonyl (C=O) groups excluding carboxylic acids is 1. The van der Waals surface area contributed by atoms with E-state index in [9.17, 15) is 4.79 Å². The van der Waals surface area contributed by atoms with E-state index in [1.54, 1.807) is 6.07 Å². The largest absolute Gasteiger partial charge is 0.482 e. The smallest absolute Gasteiger partial charge is 0.262 e. The molecule has 0 unspecified atom stereocenters. The summed E-state index contributed by atoms with van der Waals surface area (Å²) in [5, 5.41) is 15.6. The number of ether oxygens (including phenoxy) is 1. The van der Waals surface area contributed by atoms with E-state index >= 15 is 0 Å². The van der Waals surface area contributed by atoms with Crippen molar-refractivity contribution in [1.82, 2.24) is 20.2 Å². The molecule has 28 heavy (non-hydrogen) atoms. The zero-order valence-corrected chi connectivity index (χ0v) is 16.7. The summed E-state index contributed by atoms with van der Waals surface area (Å²) in [4.78, 5) is 12.2. The summed E-state index contributed by atoms with van der Waals surface area (Å²) in [6, 6.07) is 10.6. The average Bonchev–Trinajstić information content (AvgIpc) is 3.40. The molecule has 4 rings (SSSR count). The Bertz CT molecular complexity index is 1040. The van der Waals surface area contributed by atoms with Gasteiger partial charge in [0.05, 0.1) is 21.1 Å². The van der Waals surface area contributed by atoms with Crippen LogP contribution in [-0.2, 0) is 4.79 Å². The van der Waals surface area contributed by atoms with Crippen LogP contribution in [-0.4, -0.2) is 32.7 Å². The molecular formula is C18H14Cl3N5O2. The second-order valence-corrected chi connectivity index (χ2v) is 7.51. The molecule has 3 aromatic rings. The molecule has 1 aliphatic rings. The Hall–Kier alpha value is -2.35. The zero-order valence-electron chi connectivity index (χ0n) is 14.4. The number of amides is 1. The third kappa shape index (κ3) is 4.22. The topological polar surface area (TPSA) is 81.9 Å². The Morgan fingerprint density at radius 2 is 1.93 bits per heavy atom. The molecule has 1 fully saturated rings. The standard InChI is InChI=1S/C18H14Cl3N5O2/c19-13-7-15(21)16(8-14(13)20)28-9-17(27)22-11-3-1-2-10(6-11)18-23-24-25-26(18)12-4-5-12/h1-3,6-8,12H,4-5,9H2,(H,22,27). The third-order valence-corrected chi connectivity index (χ3v) is 5.14. The second kappa shape index (κ2) is 7.95. The maximum atomic E-state index is 12.2. The summed E-state index contributed by atoms with van der Waals surface area (Å²) in [6.45, 7) is -0.234. The molecule has 1 amide bonds. The highest BCUT2D eigenvalue weighted by molar-refractivity contribution is 6.43. The van der Waals surface area contributed by atoms with Crippen LogP contribution in [0.25, 0.3) is 11.4 Å². The molecule has 0 bridgehead atoms. The first-order valence-electron chi connectivity index (χ1n) is 8.47. The Labute approximate surface area is 175 Å². The van der Waals surface area contributed by atoms with E-state index in [2.05, 4.69) is 20.8 Å². The van der Waals surface area contributed by atoms with Gasteiger partial charge in [-0.25, -0.2) is 4.68 Å². The minimum Gasteiger partial charge on any atom is -0.482 e. The molecule has 0 radical (unpaired) electrons. The van der Waals surface area contributed by atoms with Crippen molar-refractivity contribution in [1.29, 1.82) is 0 Å². The number of anilines is 1. The van der Waals surface area contributed by atoms with Crippen molar-refractivity contribution in [2.75, 3.05) is 11.9 Å². The molecule has 0 saturated heterocycles. The van der Waals surface area contributed by atoms with Crippen molar-refractivity contribution >= 4 is 46.4 Å². The molecule has 1 heterocycles. The highest BCUT2D eigenvalue weighted by Gasteiger charge is 2.28. The number of carbonyl (C=O) groups is 1. The maximum Gasteiger partial charge on any atom is 0.262 e. The molecule has 10 heteroatoms. The van der Waals surface area contributed by atoms with Crippen LogP contribution in [0.3, 0.4) is 0 Å². The molecule has 7 nitrogen and oxygen atoms in total. The van der Waals surface area contributed by atoms with Gasteiger partial charge in [-0.2, -0.15) is 0 Å². The summed E-state index contributed by atoms with van der Waals surface area (Å²) in [7, 11) is 0. The van der Waals surface area contributed by atoms with E-state index in [1.807, 2.05) is 22.9 Å². The monoisotopic (exact) mass is 437 g/mol. The van der Waals surface area contributed by atoms with Crippen molar-refractivity contribution in [2.45, 2.75) is 18.9 Å². The summed E-state index contributed by atoms with van der Waals surface area (Å²) in [5.74, 6) is 0.613. The van der Waals surface area contributed by atoms with Gasteiger partial charge in [0.25, 0.3) is 5.91 Å². The van der Waals surface area contributed by atoms with E-state index in [1.165, 1.54) is 12.1 Å². The highest BCUT2D eigenvalue weighted by Crippen LogP contribution is 2.37. The van der Waals surface area contributed by atoms with Crippen LogP contribution in [0.5, 0.6) is 5.75 Å². The zero-order chi connectivity index (χ0) is 19.7. The molecule has 1 aromatic heterocycles. The molecule has 1 saturated carbocycles. The van der Waals surface area contributed by atoms with Crippen LogP contribution in [0.4, 0.5) is 5.69 Å². The molecule has 0 spiro atoms. The fourth-order valence-corrected chi connectivity index (χ4v) is 3.23. The van der Waals surface area contributed by atoms with E-state index in [4.69, 9.17) is 39.5 Å². The minimum atomic E-state index is -0.346. The van der Waals surface area contributed by atoms with E-state index < -0.39 is 0 Å². The molecule has 2 aromatic carbocycles. The molecule has 0 aliphatic heterocycles. The van der Waals surface area contributed by atoms with Crippen molar-refractivity contribution in [3.8, 4) is 17.1 Å². The van der Waals surface area contributed by atoms with Crippen molar-refractivity contribution in [3.63, 3.8) is 0 Å². The van der Waals surface area contributed by atoms with Gasteiger partial charge in [-0.3, -0.25) is 4.79 Å². The first-order valence-corrected chi connectivity index (χ1v) is 9.60. The number of aromatic nitrogens is 4. The number of nitrogens with zero attached hydrogens (tertiary/aromatic N) is 4. The Kier molecular flexibility index (Phi) is 5.39. The summed E-state index contributed by atoms with van der Waals surface area (Å²) >= 11 is 17.9. The van der Waals surface area contributed by atoms with Crippen LogP contribution in [0.15, 0.2) is 36.4 Å². The number of hydrogen-bond donors (Lipinski definition) is 1. The van der Waals surface area contributed by atoms with Crippen LogP contribution in [0.1, 0.15) is 18.9 Å². The van der Waals surface area contributed by atoms with Gasteiger partial charge in [0.2, 0.25) is 0 Å². The number of hydrogen-bond acceptors (Lipinski definition) is 5. The Morgan fingerprint density at radius 3 is 2.71 bits per heavy atom. The first-order chi connectivity index (χ1) is 13.5. The van der Waals surface area contributed by atoms with Gasteiger partial charge in [0, 0.05) is 17.3 Å². The summed E-state index contributed by atoms with van der Waals surface area (Å²) in [6.07, 6.45) is 2.14. The van der Waals surface area contributed by atoms with E-state index in [0.717, 1.165) is 18.4 Å². The lowest BCUT2D eigenvalue weighted by Gasteiger charge is -2.10. The highest BCUT2D eigenvalue weighted by atomic mass is 35.5. The van der Waals surface area contributed by atoms with Crippen LogP contribution in [0, 0.1) is 0 Å². The van der Waals surface area contributed by atoms with Crippen molar-refractivity contribution < 1.29 is 9.53 Å². The lowest BCUT2D eigenvalue weighted by Crippen LogP contribution is -2.20. The van der Waals surface area contributed by atoms with Crippen LogP contribution in [0.2, 0.25) is 15.1 Å². The number of tetrazole rings is 1. The van der Waals surface area contributed by atoms with Crippen LogP contribution >= 0.6 is 34.8 Å². The fraction of sp³-hybridized carbons (Fsp3) is 0.222. The molecule has 0 atom stereocenters. The van der Waals surface area contributed by atoms with Gasteiger partial charge in [0.1, 0.15) is 5.75 Å². The quantitative estimate of drug-likeness (QED) is 0.566. The fourth-order valence-electron chi connectivity index (χ4n) is 2.64. The van der Waals surface area contributed by atoms with Gasteiger partial charge in [0.15, 0.2) is 12.4 Å². The average molecular weight is 439 g/mol. The van der Waals surface area contributed by atoms with E-state index in [-0.39, 0.29) is 23.3 Å². The lowest BCUT2D eigenvalue weighted by atomic mass is 10.2. The molecule has 144 valence electrons. The second-order valence-electron chi connectivity index (χ2n) is 6.29. The number of nitrogens with one attached hydrogen (secondary N) is 1. The lowest BCUT2D eigenvalue weighted by molar-refractivity contribution is -0.118. The first kappa shape index (κ1) is 19.0. The summed E-state index contributed by atoms with van der Waals surface area (Å²) < 4.78 is 7.26. The third-order valence-electron chi connectivity index (χ3n) is 4.12. The minimum absolute atomic E-state index is 0.234. The maximum absolute atomic E-state index is 12.2. The number of halogens is 3. The molecule has 1 aliphatic carbocycles. The molecular weight excluding hydrogens is 425 g/mol. The van der Waals surface area contributed by atoms with Crippen LogP contribution < -0.4 is 10.1 Å². The summed E-state index contributed by atoms with van der Waals surface area (Å²) in [5.41, 5.74) is 1.43. The van der Waals surface area contributed by atoms with Gasteiger partial charge < -0.3 is 10.1 Å². The number of benzene rings is 2. The van der Waals surface area contributed by atoms with Crippen molar-refractivity contribution in [2.24, 2.45) is 0 Å². The van der Waals surface area contributed by atoms with Gasteiger partial charge in [-0.1, -0.05) is 46.9 Å². The normalized spacial score (nSPS) is 13.4.